The maximum absolute atomic E-state index is 13.1. The molecule has 3 aliphatic carbocycles. The normalized spacial score (nSPS) is 26.3. The number of carboxylic acid groups (broad SMARTS) is 1. The minimum Gasteiger partial charge on any atom is -0.481 e. The molecular weight excluding hydrogens is 543 g/mol. The zero-order valence-electron chi connectivity index (χ0n) is 18.2. The minimum atomic E-state index is -3.71. The number of unbranched alkanes of at least 4 members (excludes halogenated alkanes) is 1. The lowest BCUT2D eigenvalue weighted by Gasteiger charge is -2.62. The molecule has 3 fully saturated rings. The van der Waals surface area contributed by atoms with Crippen molar-refractivity contribution in [1.82, 2.24) is 4.72 Å². The lowest BCUT2D eigenvalue weighted by Crippen LogP contribution is -2.61. The van der Waals surface area contributed by atoms with E-state index in [1.807, 2.05) is 28.7 Å². The maximum atomic E-state index is 13.1. The summed E-state index contributed by atoms with van der Waals surface area (Å²) in [6, 6.07) is 4.38. The van der Waals surface area contributed by atoms with Crippen molar-refractivity contribution in [1.29, 1.82) is 0 Å². The highest BCUT2D eigenvalue weighted by Crippen LogP contribution is 2.62. The molecule has 2 bridgehead atoms. The molecule has 0 unspecified atom stereocenters. The van der Waals surface area contributed by atoms with E-state index in [1.54, 1.807) is 0 Å². The van der Waals surface area contributed by atoms with Crippen LogP contribution < -0.4 is 4.72 Å². The topological polar surface area (TPSA) is 132 Å². The zero-order chi connectivity index (χ0) is 23.5. The van der Waals surface area contributed by atoms with Crippen LogP contribution in [0.5, 0.6) is 0 Å². The van der Waals surface area contributed by atoms with Crippen LogP contribution in [0.15, 0.2) is 40.4 Å². The van der Waals surface area contributed by atoms with Gasteiger partial charge in [0.1, 0.15) is 0 Å². The average Bonchev–Trinajstić information content (AvgIpc) is 2.72. The maximum Gasteiger partial charge on any atom is 0.303 e. The number of rotatable bonds is 10. The average molecular weight is 572 g/mol. The fourth-order valence-corrected chi connectivity index (χ4v) is 7.36. The molecule has 10 heteroatoms. The number of benzene rings is 1. The van der Waals surface area contributed by atoms with Crippen LogP contribution >= 0.6 is 22.6 Å². The SMILES string of the molecule is CC1(C)[C@H]2C[C@H](NS(=O)(=O)c3ccc(N=[N+]=[N-])c(I)c3)[C@@H](C/C=C\CCCC(=O)O)[C@@H]1C2. The van der Waals surface area contributed by atoms with Crippen LogP contribution in [0.1, 0.15) is 52.4 Å². The van der Waals surface area contributed by atoms with E-state index in [4.69, 9.17) is 10.6 Å². The fraction of sp³-hybridized carbons (Fsp3) is 0.591. The Hall–Kier alpha value is -1.62. The summed E-state index contributed by atoms with van der Waals surface area (Å²) in [7, 11) is -3.71. The highest BCUT2D eigenvalue weighted by atomic mass is 127. The number of halogens is 1. The van der Waals surface area contributed by atoms with Crippen molar-refractivity contribution in [2.45, 2.75) is 63.3 Å². The first-order valence-electron chi connectivity index (χ1n) is 10.8. The van der Waals surface area contributed by atoms with E-state index in [0.29, 0.717) is 33.9 Å². The van der Waals surface area contributed by atoms with Gasteiger partial charge in [-0.1, -0.05) is 37.2 Å². The Morgan fingerprint density at radius 2 is 2.12 bits per heavy atom. The van der Waals surface area contributed by atoms with E-state index in [-0.39, 0.29) is 28.7 Å². The van der Waals surface area contributed by atoms with Crippen molar-refractivity contribution < 1.29 is 18.3 Å². The van der Waals surface area contributed by atoms with Crippen LogP contribution in [0.3, 0.4) is 0 Å². The molecule has 8 nitrogen and oxygen atoms in total. The van der Waals surface area contributed by atoms with Gasteiger partial charge in [-0.15, -0.1) is 0 Å². The second kappa shape index (κ2) is 10.1. The molecule has 0 spiro atoms. The molecule has 3 aliphatic rings. The number of sulfonamides is 1. The quantitative estimate of drug-likeness (QED) is 0.0921. The summed E-state index contributed by atoms with van der Waals surface area (Å²) in [6.07, 6.45) is 8.29. The second-order valence-corrected chi connectivity index (χ2v) is 12.2. The van der Waals surface area contributed by atoms with Crippen LogP contribution in [-0.4, -0.2) is 25.5 Å². The van der Waals surface area contributed by atoms with E-state index in [9.17, 15) is 13.2 Å². The molecule has 1 aromatic rings. The van der Waals surface area contributed by atoms with Crippen molar-refractivity contribution in [2.24, 2.45) is 28.3 Å². The number of aliphatic carboxylic acids is 1. The lowest BCUT2D eigenvalue weighted by molar-refractivity contribution is -0.137. The Kier molecular flexibility index (Phi) is 7.90. The van der Waals surface area contributed by atoms with Crippen molar-refractivity contribution in [3.05, 3.63) is 44.4 Å². The van der Waals surface area contributed by atoms with Gasteiger partial charge in [0.25, 0.3) is 0 Å². The third-order valence-electron chi connectivity index (χ3n) is 7.14. The van der Waals surface area contributed by atoms with Crippen LogP contribution in [0, 0.1) is 26.7 Å². The Morgan fingerprint density at radius 1 is 1.38 bits per heavy atom. The summed E-state index contributed by atoms with van der Waals surface area (Å²) in [4.78, 5) is 13.6. The number of azide groups is 1. The Balaban J connectivity index is 1.73. The molecule has 32 heavy (non-hydrogen) atoms. The summed E-state index contributed by atoms with van der Waals surface area (Å²) >= 11 is 1.97. The van der Waals surface area contributed by atoms with Crippen LogP contribution in [0.25, 0.3) is 10.4 Å². The molecular formula is C22H29IN4O4S. The largest absolute Gasteiger partial charge is 0.481 e. The molecule has 0 radical (unpaired) electrons. The van der Waals surface area contributed by atoms with Gasteiger partial charge in [0, 0.05) is 20.9 Å². The summed E-state index contributed by atoms with van der Waals surface area (Å²) in [5.74, 6) is 0.361. The molecule has 1 aromatic carbocycles. The molecule has 2 N–H and O–H groups in total. The highest BCUT2D eigenvalue weighted by Gasteiger charge is 2.57. The lowest BCUT2D eigenvalue weighted by atomic mass is 9.44. The fourth-order valence-electron chi connectivity index (χ4n) is 5.20. The Labute approximate surface area is 202 Å². The molecule has 0 aliphatic heterocycles. The molecule has 0 saturated heterocycles. The van der Waals surface area contributed by atoms with Crippen LogP contribution in [0.2, 0.25) is 0 Å². The van der Waals surface area contributed by atoms with Gasteiger partial charge >= 0.3 is 5.97 Å². The predicted octanol–water partition coefficient (Wildman–Crippen LogP) is 5.76. The summed E-state index contributed by atoms with van der Waals surface area (Å²) in [6.45, 7) is 4.55. The first-order chi connectivity index (χ1) is 15.1. The number of carbonyl (C=O) groups is 1. The minimum absolute atomic E-state index is 0.144. The van der Waals surface area contributed by atoms with E-state index < -0.39 is 16.0 Å². The van der Waals surface area contributed by atoms with Crippen molar-refractivity contribution in [3.8, 4) is 0 Å². The Morgan fingerprint density at radius 3 is 2.75 bits per heavy atom. The van der Waals surface area contributed by atoms with E-state index in [0.717, 1.165) is 19.3 Å². The van der Waals surface area contributed by atoms with Gasteiger partial charge in [-0.2, -0.15) is 0 Å². The summed E-state index contributed by atoms with van der Waals surface area (Å²) < 4.78 is 29.8. The van der Waals surface area contributed by atoms with E-state index in [1.165, 1.54) is 18.2 Å². The number of nitrogens with one attached hydrogen (secondary N) is 1. The number of hydrogen-bond donors (Lipinski definition) is 2. The third-order valence-corrected chi connectivity index (χ3v) is 9.49. The van der Waals surface area contributed by atoms with Crippen molar-refractivity contribution in [3.63, 3.8) is 0 Å². The molecule has 0 aromatic heterocycles. The molecule has 0 amide bonds. The van der Waals surface area contributed by atoms with Crippen LogP contribution in [-0.2, 0) is 14.8 Å². The highest BCUT2D eigenvalue weighted by molar-refractivity contribution is 14.1. The number of allylic oxidation sites excluding steroid dienone is 2. The molecule has 3 saturated carbocycles. The van der Waals surface area contributed by atoms with Gasteiger partial charge in [-0.3, -0.25) is 4.79 Å². The van der Waals surface area contributed by atoms with Crippen LogP contribution in [0.4, 0.5) is 5.69 Å². The number of hydrogen-bond acceptors (Lipinski definition) is 4. The standard InChI is InChI=1S/C22H29IN4O4S/c1-22(2)14-11-17(22)16(7-5-3-4-6-8-21(28)29)20(12-14)26-32(30,31)15-9-10-19(25-27-24)18(23)13-15/h3,5,9-10,13-14,16-17,20,26H,4,6-8,11-12H2,1-2H3,(H,28,29)/b5-3-/t14-,16+,17+,20+/m1/s1. The van der Waals surface area contributed by atoms with Gasteiger partial charge in [0.2, 0.25) is 10.0 Å². The third kappa shape index (κ3) is 5.47. The number of carboxylic acids is 1. The Bertz CT molecular complexity index is 1050. The number of nitrogens with zero attached hydrogens (tertiary/aromatic N) is 3. The first kappa shape index (κ1) is 25.0. The molecule has 174 valence electrons. The molecule has 4 rings (SSSR count). The van der Waals surface area contributed by atoms with Crippen molar-refractivity contribution >= 4 is 44.3 Å². The number of fused-ring (bicyclic) bond motifs is 2. The first-order valence-corrected chi connectivity index (χ1v) is 13.4. The van der Waals surface area contributed by atoms with Gasteiger partial charge in [-0.05, 0) is 95.5 Å². The molecule has 4 atom stereocenters. The van der Waals surface area contributed by atoms with Crippen molar-refractivity contribution in [2.75, 3.05) is 0 Å². The zero-order valence-corrected chi connectivity index (χ0v) is 21.2. The predicted molar refractivity (Wildman–Crippen MR) is 131 cm³/mol. The van der Waals surface area contributed by atoms with Gasteiger partial charge < -0.3 is 5.11 Å². The van der Waals surface area contributed by atoms with Gasteiger partial charge in [0.15, 0.2) is 0 Å². The monoisotopic (exact) mass is 572 g/mol. The van der Waals surface area contributed by atoms with E-state index in [2.05, 4.69) is 34.7 Å². The van der Waals surface area contributed by atoms with E-state index >= 15 is 0 Å². The second-order valence-electron chi connectivity index (χ2n) is 9.28. The summed E-state index contributed by atoms with van der Waals surface area (Å²) in [5.41, 5.74) is 9.23. The molecule has 0 heterocycles. The van der Waals surface area contributed by atoms with Gasteiger partial charge in [-0.25, -0.2) is 13.1 Å². The van der Waals surface area contributed by atoms with Gasteiger partial charge in [0.05, 0.1) is 10.6 Å². The summed E-state index contributed by atoms with van der Waals surface area (Å²) in [5, 5.41) is 12.3. The smallest absolute Gasteiger partial charge is 0.303 e.